The predicted molar refractivity (Wildman–Crippen MR) is 86.7 cm³/mol. The van der Waals surface area contributed by atoms with Crippen LogP contribution >= 0.6 is 0 Å². The maximum absolute atomic E-state index is 12.6. The maximum atomic E-state index is 12.6. The molecule has 5 heteroatoms. The molecule has 23 heavy (non-hydrogen) atoms. The van der Waals surface area contributed by atoms with E-state index in [-0.39, 0.29) is 24.0 Å². The summed E-state index contributed by atoms with van der Waals surface area (Å²) in [7, 11) is 0. The normalized spacial score (nSPS) is 31.3. The van der Waals surface area contributed by atoms with Crippen LogP contribution in [0.15, 0.2) is 30.3 Å². The first-order valence-electron chi connectivity index (χ1n) is 8.57. The molecular weight excluding hydrogens is 290 g/mol. The molecule has 5 nitrogen and oxygen atoms in total. The van der Waals surface area contributed by atoms with Crippen molar-refractivity contribution in [2.45, 2.75) is 50.9 Å². The molecule has 3 amide bonds. The molecule has 0 aliphatic carbocycles. The molecule has 3 atom stereocenters. The third-order valence-corrected chi connectivity index (χ3v) is 5.50. The molecule has 122 valence electrons. The summed E-state index contributed by atoms with van der Waals surface area (Å²) >= 11 is 0. The summed E-state index contributed by atoms with van der Waals surface area (Å²) in [6.07, 6.45) is 2.67. The van der Waals surface area contributed by atoms with E-state index in [9.17, 15) is 9.59 Å². The van der Waals surface area contributed by atoms with Crippen molar-refractivity contribution in [1.82, 2.24) is 14.7 Å². The number of likely N-dealkylation sites (tertiary alicyclic amines) is 1. The van der Waals surface area contributed by atoms with Gasteiger partial charge in [0, 0.05) is 25.7 Å². The highest BCUT2D eigenvalue weighted by Crippen LogP contribution is 2.33. The number of amides is 3. The first kappa shape index (κ1) is 14.7. The highest BCUT2D eigenvalue weighted by molar-refractivity contribution is 6.05. The van der Waals surface area contributed by atoms with Gasteiger partial charge in [-0.2, -0.15) is 0 Å². The van der Waals surface area contributed by atoms with Crippen molar-refractivity contribution in [3.05, 3.63) is 35.9 Å². The lowest BCUT2D eigenvalue weighted by Gasteiger charge is -2.23. The highest BCUT2D eigenvalue weighted by Gasteiger charge is 2.51. The second-order valence-corrected chi connectivity index (χ2v) is 7.00. The Hall–Kier alpha value is -1.88. The molecule has 3 heterocycles. The Morgan fingerprint density at radius 3 is 2.70 bits per heavy atom. The van der Waals surface area contributed by atoms with E-state index in [4.69, 9.17) is 0 Å². The molecule has 1 aromatic carbocycles. The summed E-state index contributed by atoms with van der Waals surface area (Å²) in [6, 6.07) is 10.6. The fourth-order valence-electron chi connectivity index (χ4n) is 4.28. The molecule has 0 saturated carbocycles. The summed E-state index contributed by atoms with van der Waals surface area (Å²) in [6.45, 7) is 4.59. The van der Waals surface area contributed by atoms with Crippen LogP contribution in [0.25, 0.3) is 0 Å². The SMILES string of the molecule is C[C@@H]1C[C@@H](N2C(=O)[C@@H]3CCCN3C2=O)CN1Cc1ccccc1. The van der Waals surface area contributed by atoms with Gasteiger partial charge in [0.15, 0.2) is 0 Å². The first-order chi connectivity index (χ1) is 11.1. The van der Waals surface area contributed by atoms with E-state index in [1.807, 2.05) is 6.07 Å². The van der Waals surface area contributed by atoms with Crippen LogP contribution < -0.4 is 0 Å². The first-order valence-corrected chi connectivity index (χ1v) is 8.57. The molecule has 3 aliphatic heterocycles. The van der Waals surface area contributed by atoms with Gasteiger partial charge in [0.2, 0.25) is 0 Å². The van der Waals surface area contributed by atoms with Crippen molar-refractivity contribution in [2.24, 2.45) is 0 Å². The van der Waals surface area contributed by atoms with E-state index < -0.39 is 0 Å². The minimum absolute atomic E-state index is 0.0271. The summed E-state index contributed by atoms with van der Waals surface area (Å²) in [5.41, 5.74) is 1.28. The van der Waals surface area contributed by atoms with Gasteiger partial charge in [-0.25, -0.2) is 4.79 Å². The lowest BCUT2D eigenvalue weighted by atomic mass is 10.1. The minimum atomic E-state index is -0.180. The van der Waals surface area contributed by atoms with Gasteiger partial charge in [0.05, 0.1) is 6.04 Å². The molecule has 0 radical (unpaired) electrons. The summed E-state index contributed by atoms with van der Waals surface area (Å²) < 4.78 is 0. The molecule has 3 aliphatic rings. The van der Waals surface area contributed by atoms with Gasteiger partial charge in [-0.05, 0) is 31.7 Å². The Morgan fingerprint density at radius 2 is 1.96 bits per heavy atom. The summed E-state index contributed by atoms with van der Waals surface area (Å²) in [5.74, 6) is 0.0336. The van der Waals surface area contributed by atoms with Gasteiger partial charge in [0.25, 0.3) is 5.91 Å². The van der Waals surface area contributed by atoms with Crippen LogP contribution in [0, 0.1) is 0 Å². The zero-order valence-electron chi connectivity index (χ0n) is 13.5. The number of nitrogens with zero attached hydrogens (tertiary/aromatic N) is 3. The molecule has 1 aromatic rings. The van der Waals surface area contributed by atoms with Crippen LogP contribution in [-0.4, -0.2) is 57.9 Å². The van der Waals surface area contributed by atoms with Crippen molar-refractivity contribution in [1.29, 1.82) is 0 Å². The Morgan fingerprint density at radius 1 is 1.17 bits per heavy atom. The standard InChI is InChI=1S/C18H23N3O2/c1-13-10-15(12-19(13)11-14-6-3-2-4-7-14)21-17(22)16-8-5-9-20(16)18(21)23/h2-4,6-7,13,15-16H,5,8-12H2,1H3/t13-,15-,16+/m1/s1. The zero-order chi connectivity index (χ0) is 16.0. The number of carbonyl (C=O) groups is 2. The fourth-order valence-corrected chi connectivity index (χ4v) is 4.28. The van der Waals surface area contributed by atoms with Crippen LogP contribution in [0.1, 0.15) is 31.7 Å². The van der Waals surface area contributed by atoms with Crippen LogP contribution in [-0.2, 0) is 11.3 Å². The van der Waals surface area contributed by atoms with Crippen LogP contribution in [0.4, 0.5) is 4.79 Å². The van der Waals surface area contributed by atoms with E-state index in [1.165, 1.54) is 5.56 Å². The highest BCUT2D eigenvalue weighted by atomic mass is 16.2. The average molecular weight is 313 g/mol. The fraction of sp³-hybridized carbons (Fsp3) is 0.556. The van der Waals surface area contributed by atoms with Gasteiger partial charge in [-0.3, -0.25) is 14.6 Å². The zero-order valence-corrected chi connectivity index (χ0v) is 13.5. The number of fused-ring (bicyclic) bond motifs is 1. The van der Waals surface area contributed by atoms with Crippen LogP contribution in [0.5, 0.6) is 0 Å². The molecule has 0 spiro atoms. The second-order valence-electron chi connectivity index (χ2n) is 7.00. The average Bonchev–Trinajstić information content (AvgIpc) is 3.21. The van der Waals surface area contributed by atoms with Crippen molar-refractivity contribution in [3.63, 3.8) is 0 Å². The monoisotopic (exact) mass is 313 g/mol. The lowest BCUT2D eigenvalue weighted by Crippen LogP contribution is -2.43. The van der Waals surface area contributed by atoms with Gasteiger partial charge >= 0.3 is 6.03 Å². The van der Waals surface area contributed by atoms with Gasteiger partial charge in [-0.1, -0.05) is 30.3 Å². The number of hydrogen-bond donors (Lipinski definition) is 0. The van der Waals surface area contributed by atoms with Gasteiger partial charge < -0.3 is 4.90 Å². The van der Waals surface area contributed by atoms with Crippen molar-refractivity contribution >= 4 is 11.9 Å². The summed E-state index contributed by atoms with van der Waals surface area (Å²) in [5, 5.41) is 0. The number of rotatable bonds is 3. The topological polar surface area (TPSA) is 43.9 Å². The Bertz CT molecular complexity index is 596. The number of imide groups is 1. The molecule has 4 rings (SSSR count). The third kappa shape index (κ3) is 2.43. The summed E-state index contributed by atoms with van der Waals surface area (Å²) in [4.78, 5) is 30.9. The number of hydrogen-bond acceptors (Lipinski definition) is 3. The quantitative estimate of drug-likeness (QED) is 0.803. The van der Waals surface area contributed by atoms with Crippen LogP contribution in [0.3, 0.4) is 0 Å². The largest absolute Gasteiger partial charge is 0.327 e. The number of carbonyl (C=O) groups excluding carboxylic acids is 2. The Balaban J connectivity index is 1.47. The Labute approximate surface area is 136 Å². The van der Waals surface area contributed by atoms with Crippen molar-refractivity contribution in [2.75, 3.05) is 13.1 Å². The minimum Gasteiger partial charge on any atom is -0.312 e. The van der Waals surface area contributed by atoms with Crippen molar-refractivity contribution < 1.29 is 9.59 Å². The molecule has 3 saturated heterocycles. The molecule has 0 N–H and O–H groups in total. The second kappa shape index (κ2) is 5.64. The van der Waals surface area contributed by atoms with E-state index in [1.54, 1.807) is 9.80 Å². The predicted octanol–water partition coefficient (Wildman–Crippen LogP) is 2.08. The molecule has 0 unspecified atom stereocenters. The van der Waals surface area contributed by atoms with Crippen molar-refractivity contribution in [3.8, 4) is 0 Å². The molecular formula is C18H23N3O2. The lowest BCUT2D eigenvalue weighted by molar-refractivity contribution is -0.129. The van der Waals surface area contributed by atoms with E-state index in [0.29, 0.717) is 6.04 Å². The van der Waals surface area contributed by atoms with Gasteiger partial charge in [-0.15, -0.1) is 0 Å². The molecule has 3 fully saturated rings. The van der Waals surface area contributed by atoms with E-state index in [2.05, 4.69) is 36.1 Å². The number of urea groups is 1. The Kier molecular flexibility index (Phi) is 3.60. The van der Waals surface area contributed by atoms with E-state index >= 15 is 0 Å². The molecule has 0 bridgehead atoms. The van der Waals surface area contributed by atoms with Gasteiger partial charge in [0.1, 0.15) is 6.04 Å². The van der Waals surface area contributed by atoms with E-state index in [0.717, 1.165) is 38.9 Å². The van der Waals surface area contributed by atoms with Crippen LogP contribution in [0.2, 0.25) is 0 Å². The number of benzene rings is 1. The third-order valence-electron chi connectivity index (χ3n) is 5.50. The smallest absolute Gasteiger partial charge is 0.312 e. The molecule has 0 aromatic heterocycles. The maximum Gasteiger partial charge on any atom is 0.327 e.